The van der Waals surface area contributed by atoms with Gasteiger partial charge in [-0.25, -0.2) is 4.98 Å². The second-order valence-corrected chi connectivity index (χ2v) is 4.60. The summed E-state index contributed by atoms with van der Waals surface area (Å²) in [6.45, 7) is 4.44. The molecule has 2 heterocycles. The summed E-state index contributed by atoms with van der Waals surface area (Å²) in [6.07, 6.45) is 3.91. The summed E-state index contributed by atoms with van der Waals surface area (Å²) in [5.41, 5.74) is 6.85. The molecule has 2 unspecified atom stereocenters. The van der Waals surface area contributed by atoms with Crippen LogP contribution in [0.2, 0.25) is 0 Å². The Kier molecular flexibility index (Phi) is 4.15. The molecule has 5 heteroatoms. The largest absolute Gasteiger partial charge is 0.448 e. The van der Waals surface area contributed by atoms with Crippen LogP contribution in [0.5, 0.6) is 0 Å². The average Bonchev–Trinajstić information content (AvgIpc) is 2.75. The lowest BCUT2D eigenvalue weighted by molar-refractivity contribution is 0.00969. The lowest BCUT2D eigenvalue weighted by atomic mass is 9.99. The molecule has 17 heavy (non-hydrogen) atoms. The highest BCUT2D eigenvalue weighted by Gasteiger charge is 2.28. The number of methoxy groups -OCH3 is 1. The van der Waals surface area contributed by atoms with E-state index in [1.165, 1.54) is 6.39 Å². The van der Waals surface area contributed by atoms with Gasteiger partial charge in [0.2, 0.25) is 0 Å². The van der Waals surface area contributed by atoms with E-state index in [1.54, 1.807) is 7.11 Å². The standard InChI is InChI=1S/C12H21N3O2/c1-9-12(14-8-17-9)7-15-4-3-11(16-2)5-10(15)6-13/h8,10-11H,3-7,13H2,1-2H3. The van der Waals surface area contributed by atoms with E-state index in [4.69, 9.17) is 14.9 Å². The zero-order valence-electron chi connectivity index (χ0n) is 10.6. The number of aryl methyl sites for hydroxylation is 1. The minimum Gasteiger partial charge on any atom is -0.448 e. The number of likely N-dealkylation sites (tertiary alicyclic amines) is 1. The number of rotatable bonds is 4. The van der Waals surface area contributed by atoms with E-state index in [2.05, 4.69) is 9.88 Å². The molecule has 1 aromatic heterocycles. The molecule has 2 N–H and O–H groups in total. The van der Waals surface area contributed by atoms with E-state index in [9.17, 15) is 0 Å². The van der Waals surface area contributed by atoms with E-state index in [-0.39, 0.29) is 0 Å². The van der Waals surface area contributed by atoms with Crippen molar-refractivity contribution in [2.24, 2.45) is 5.73 Å². The summed E-state index contributed by atoms with van der Waals surface area (Å²) in [7, 11) is 1.77. The lowest BCUT2D eigenvalue weighted by Gasteiger charge is -2.38. The molecular weight excluding hydrogens is 218 g/mol. The lowest BCUT2D eigenvalue weighted by Crippen LogP contribution is -2.48. The van der Waals surface area contributed by atoms with Crippen molar-refractivity contribution in [3.63, 3.8) is 0 Å². The van der Waals surface area contributed by atoms with Gasteiger partial charge in [0.1, 0.15) is 5.76 Å². The summed E-state index contributed by atoms with van der Waals surface area (Å²) < 4.78 is 10.6. The maximum Gasteiger partial charge on any atom is 0.181 e. The molecule has 0 radical (unpaired) electrons. The summed E-state index contributed by atoms with van der Waals surface area (Å²) in [6, 6.07) is 0.379. The van der Waals surface area contributed by atoms with E-state index in [0.717, 1.165) is 37.4 Å². The van der Waals surface area contributed by atoms with Crippen molar-refractivity contribution in [2.75, 3.05) is 20.2 Å². The maximum absolute atomic E-state index is 5.84. The van der Waals surface area contributed by atoms with Gasteiger partial charge in [0.05, 0.1) is 11.8 Å². The first-order chi connectivity index (χ1) is 8.24. The van der Waals surface area contributed by atoms with E-state index >= 15 is 0 Å². The fourth-order valence-corrected chi connectivity index (χ4v) is 2.40. The Morgan fingerprint density at radius 3 is 3.06 bits per heavy atom. The van der Waals surface area contributed by atoms with Crippen LogP contribution >= 0.6 is 0 Å². The summed E-state index contributed by atoms with van der Waals surface area (Å²) in [5, 5.41) is 0. The van der Waals surface area contributed by atoms with Crippen molar-refractivity contribution < 1.29 is 9.15 Å². The molecule has 1 aliphatic rings. The van der Waals surface area contributed by atoms with Crippen molar-refractivity contribution in [3.8, 4) is 0 Å². The monoisotopic (exact) mass is 239 g/mol. The first kappa shape index (κ1) is 12.5. The number of hydrogen-bond acceptors (Lipinski definition) is 5. The van der Waals surface area contributed by atoms with Gasteiger partial charge in [0.25, 0.3) is 0 Å². The second-order valence-electron chi connectivity index (χ2n) is 4.60. The molecule has 0 amide bonds. The second kappa shape index (κ2) is 5.62. The molecule has 96 valence electrons. The predicted octanol–water partition coefficient (Wildman–Crippen LogP) is 0.921. The Bertz CT molecular complexity index is 353. The minimum atomic E-state index is 0.346. The topological polar surface area (TPSA) is 64.5 Å². The van der Waals surface area contributed by atoms with E-state index < -0.39 is 0 Å². The van der Waals surface area contributed by atoms with Gasteiger partial charge in [0, 0.05) is 32.8 Å². The van der Waals surface area contributed by atoms with Crippen molar-refractivity contribution in [2.45, 2.75) is 38.5 Å². The van der Waals surface area contributed by atoms with Gasteiger partial charge < -0.3 is 14.9 Å². The predicted molar refractivity (Wildman–Crippen MR) is 64.5 cm³/mol. The van der Waals surface area contributed by atoms with Gasteiger partial charge in [-0.15, -0.1) is 0 Å². The molecule has 2 rings (SSSR count). The van der Waals surface area contributed by atoms with Crippen molar-refractivity contribution in [1.82, 2.24) is 9.88 Å². The van der Waals surface area contributed by atoms with Gasteiger partial charge in [-0.05, 0) is 19.8 Å². The molecule has 0 bridgehead atoms. The molecule has 2 atom stereocenters. The van der Waals surface area contributed by atoms with Crippen LogP contribution in [-0.2, 0) is 11.3 Å². The highest BCUT2D eigenvalue weighted by Crippen LogP contribution is 2.21. The number of aromatic nitrogens is 1. The number of nitrogens with two attached hydrogens (primary N) is 1. The summed E-state index contributed by atoms with van der Waals surface area (Å²) in [4.78, 5) is 6.61. The number of ether oxygens (including phenoxy) is 1. The summed E-state index contributed by atoms with van der Waals surface area (Å²) >= 11 is 0. The zero-order valence-corrected chi connectivity index (χ0v) is 10.6. The fraction of sp³-hybridized carbons (Fsp3) is 0.750. The van der Waals surface area contributed by atoms with Crippen LogP contribution in [-0.4, -0.2) is 42.2 Å². The number of piperidine rings is 1. The third-order valence-electron chi connectivity index (χ3n) is 3.59. The van der Waals surface area contributed by atoms with Crippen LogP contribution in [0.15, 0.2) is 10.8 Å². The first-order valence-electron chi connectivity index (χ1n) is 6.10. The van der Waals surface area contributed by atoms with Crippen LogP contribution in [0.3, 0.4) is 0 Å². The van der Waals surface area contributed by atoms with Crippen LogP contribution in [0.1, 0.15) is 24.3 Å². The molecule has 1 saturated heterocycles. The van der Waals surface area contributed by atoms with E-state index in [0.29, 0.717) is 18.7 Å². The summed E-state index contributed by atoms with van der Waals surface area (Å²) in [5.74, 6) is 0.898. The molecule has 1 fully saturated rings. The van der Waals surface area contributed by atoms with Crippen LogP contribution in [0, 0.1) is 6.92 Å². The molecule has 1 aromatic rings. The molecule has 5 nitrogen and oxygen atoms in total. The molecule has 0 saturated carbocycles. The van der Waals surface area contributed by atoms with Gasteiger partial charge in [0.15, 0.2) is 6.39 Å². The molecule has 0 aliphatic carbocycles. The van der Waals surface area contributed by atoms with Crippen molar-refractivity contribution in [3.05, 3.63) is 17.8 Å². The Morgan fingerprint density at radius 1 is 1.65 bits per heavy atom. The van der Waals surface area contributed by atoms with Gasteiger partial charge in [-0.2, -0.15) is 0 Å². The Balaban J connectivity index is 1.98. The molecule has 0 spiro atoms. The highest BCUT2D eigenvalue weighted by atomic mass is 16.5. The maximum atomic E-state index is 5.84. The molecule has 0 aromatic carbocycles. The Labute approximate surface area is 102 Å². The highest BCUT2D eigenvalue weighted by molar-refractivity contribution is 5.05. The van der Waals surface area contributed by atoms with Crippen molar-refractivity contribution >= 4 is 0 Å². The fourth-order valence-electron chi connectivity index (χ4n) is 2.40. The van der Waals surface area contributed by atoms with Gasteiger partial charge in [-0.3, -0.25) is 4.90 Å². The normalized spacial score (nSPS) is 26.3. The SMILES string of the molecule is COC1CCN(Cc2ncoc2C)C(CN)C1. The third kappa shape index (κ3) is 2.86. The average molecular weight is 239 g/mol. The zero-order chi connectivity index (χ0) is 12.3. The number of oxazole rings is 1. The third-order valence-corrected chi connectivity index (χ3v) is 3.59. The van der Waals surface area contributed by atoms with Gasteiger partial charge in [-0.1, -0.05) is 0 Å². The number of nitrogens with zero attached hydrogens (tertiary/aromatic N) is 2. The molecular formula is C12H21N3O2. The van der Waals surface area contributed by atoms with Crippen LogP contribution < -0.4 is 5.73 Å². The quantitative estimate of drug-likeness (QED) is 0.846. The Hall–Kier alpha value is -0.910. The van der Waals surface area contributed by atoms with E-state index in [1.807, 2.05) is 6.92 Å². The smallest absolute Gasteiger partial charge is 0.181 e. The van der Waals surface area contributed by atoms with Gasteiger partial charge >= 0.3 is 0 Å². The van der Waals surface area contributed by atoms with Crippen molar-refractivity contribution in [1.29, 1.82) is 0 Å². The first-order valence-corrected chi connectivity index (χ1v) is 6.10. The van der Waals surface area contributed by atoms with Crippen LogP contribution in [0.4, 0.5) is 0 Å². The Morgan fingerprint density at radius 2 is 2.47 bits per heavy atom. The van der Waals surface area contributed by atoms with Crippen LogP contribution in [0.25, 0.3) is 0 Å². The minimum absolute atomic E-state index is 0.346. The molecule has 1 aliphatic heterocycles. The number of hydrogen-bond donors (Lipinski definition) is 1.